The van der Waals surface area contributed by atoms with Crippen LogP contribution in [0.3, 0.4) is 0 Å². The van der Waals surface area contributed by atoms with Gasteiger partial charge in [-0.1, -0.05) is 12.1 Å². The molecule has 0 saturated heterocycles. The van der Waals surface area contributed by atoms with Crippen LogP contribution in [-0.2, 0) is 5.41 Å². The van der Waals surface area contributed by atoms with Crippen molar-refractivity contribution in [3.05, 3.63) is 54.0 Å². The van der Waals surface area contributed by atoms with E-state index in [1.54, 1.807) is 12.1 Å². The molecule has 2 N–H and O–H groups in total. The third-order valence-electron chi connectivity index (χ3n) is 3.39. The van der Waals surface area contributed by atoms with Crippen LogP contribution in [0.4, 0.5) is 5.69 Å². The molecule has 1 heterocycles. The number of benzene rings is 1. The zero-order valence-electron chi connectivity index (χ0n) is 9.35. The molecule has 0 radical (unpaired) electrons. The fraction of sp³-hybridized carbons (Fsp3) is 0.214. The SMILES string of the molecule is Nc1ccc(C2(C(=O)c3ccco3)CC2)cc1. The highest BCUT2D eigenvalue weighted by atomic mass is 16.3. The normalized spacial score (nSPS) is 16.7. The summed E-state index contributed by atoms with van der Waals surface area (Å²) in [5.41, 5.74) is 7.04. The number of anilines is 1. The largest absolute Gasteiger partial charge is 0.461 e. The Morgan fingerprint density at radius 2 is 1.88 bits per heavy atom. The smallest absolute Gasteiger partial charge is 0.208 e. The van der Waals surface area contributed by atoms with E-state index in [2.05, 4.69) is 0 Å². The lowest BCUT2D eigenvalue weighted by Gasteiger charge is -2.12. The van der Waals surface area contributed by atoms with E-state index in [1.807, 2.05) is 24.3 Å². The van der Waals surface area contributed by atoms with Crippen molar-refractivity contribution < 1.29 is 9.21 Å². The van der Waals surface area contributed by atoms with Crippen LogP contribution in [0.25, 0.3) is 0 Å². The number of carbonyl (C=O) groups excluding carboxylic acids is 1. The summed E-state index contributed by atoms with van der Waals surface area (Å²) in [6, 6.07) is 11.0. The first-order chi connectivity index (χ1) is 8.22. The van der Waals surface area contributed by atoms with Crippen molar-refractivity contribution in [1.82, 2.24) is 0 Å². The second-order valence-electron chi connectivity index (χ2n) is 4.51. The molecule has 0 atom stereocenters. The van der Waals surface area contributed by atoms with Gasteiger partial charge in [-0.25, -0.2) is 0 Å². The summed E-state index contributed by atoms with van der Waals surface area (Å²) in [6.45, 7) is 0. The molecule has 1 aliphatic carbocycles. The molecule has 0 bridgehead atoms. The average molecular weight is 227 g/mol. The van der Waals surface area contributed by atoms with E-state index in [4.69, 9.17) is 10.2 Å². The van der Waals surface area contributed by atoms with E-state index < -0.39 is 0 Å². The quantitative estimate of drug-likeness (QED) is 0.648. The molecule has 3 rings (SSSR count). The van der Waals surface area contributed by atoms with Crippen LogP contribution in [0.1, 0.15) is 29.0 Å². The Labute approximate surface area is 99.2 Å². The highest BCUT2D eigenvalue weighted by molar-refractivity contribution is 6.04. The second-order valence-corrected chi connectivity index (χ2v) is 4.51. The number of Topliss-reactive ketones (excluding diaryl/α,β-unsaturated/α-hetero) is 1. The molecule has 1 aromatic carbocycles. The molecule has 17 heavy (non-hydrogen) atoms. The monoisotopic (exact) mass is 227 g/mol. The minimum atomic E-state index is -0.369. The number of nitrogens with two attached hydrogens (primary N) is 1. The lowest BCUT2D eigenvalue weighted by Crippen LogP contribution is -2.20. The Bertz CT molecular complexity index is 536. The van der Waals surface area contributed by atoms with Gasteiger partial charge in [-0.05, 0) is 42.7 Å². The zero-order valence-corrected chi connectivity index (χ0v) is 9.35. The minimum Gasteiger partial charge on any atom is -0.461 e. The van der Waals surface area contributed by atoms with Crippen LogP contribution in [-0.4, -0.2) is 5.78 Å². The van der Waals surface area contributed by atoms with E-state index in [9.17, 15) is 4.79 Å². The predicted molar refractivity (Wildman–Crippen MR) is 64.8 cm³/mol. The van der Waals surface area contributed by atoms with Crippen LogP contribution in [0.5, 0.6) is 0 Å². The van der Waals surface area contributed by atoms with Crippen molar-refractivity contribution in [1.29, 1.82) is 0 Å². The molecule has 86 valence electrons. The molecule has 1 aromatic heterocycles. The predicted octanol–water partition coefficient (Wildman–Crippen LogP) is 2.78. The Morgan fingerprint density at radius 1 is 1.18 bits per heavy atom. The molecule has 0 amide bonds. The van der Waals surface area contributed by atoms with Crippen molar-refractivity contribution in [3.63, 3.8) is 0 Å². The third-order valence-corrected chi connectivity index (χ3v) is 3.39. The molecule has 3 nitrogen and oxygen atoms in total. The van der Waals surface area contributed by atoms with E-state index in [-0.39, 0.29) is 11.2 Å². The van der Waals surface area contributed by atoms with Gasteiger partial charge in [-0.2, -0.15) is 0 Å². The van der Waals surface area contributed by atoms with Gasteiger partial charge in [0.2, 0.25) is 5.78 Å². The summed E-state index contributed by atoms with van der Waals surface area (Å²) in [6.07, 6.45) is 3.30. The van der Waals surface area contributed by atoms with Gasteiger partial charge in [0.1, 0.15) is 0 Å². The molecule has 1 aliphatic rings. The van der Waals surface area contributed by atoms with Crippen LogP contribution >= 0.6 is 0 Å². The molecular formula is C14H13NO2. The van der Waals surface area contributed by atoms with Crippen LogP contribution in [0.15, 0.2) is 47.1 Å². The van der Waals surface area contributed by atoms with Crippen molar-refractivity contribution in [2.75, 3.05) is 5.73 Å². The maximum atomic E-state index is 12.4. The summed E-state index contributed by atoms with van der Waals surface area (Å²) in [4.78, 5) is 12.4. The summed E-state index contributed by atoms with van der Waals surface area (Å²) in [5, 5.41) is 0. The van der Waals surface area contributed by atoms with Gasteiger partial charge in [0.15, 0.2) is 5.76 Å². The topological polar surface area (TPSA) is 56.2 Å². The van der Waals surface area contributed by atoms with Gasteiger partial charge >= 0.3 is 0 Å². The standard InChI is InChI=1S/C14H13NO2/c15-11-5-3-10(4-6-11)14(7-8-14)13(16)12-2-1-9-17-12/h1-6,9H,7-8,15H2. The van der Waals surface area contributed by atoms with Gasteiger partial charge in [0.25, 0.3) is 0 Å². The molecule has 0 spiro atoms. The van der Waals surface area contributed by atoms with Crippen molar-refractivity contribution in [2.45, 2.75) is 18.3 Å². The van der Waals surface area contributed by atoms with Crippen LogP contribution in [0.2, 0.25) is 0 Å². The zero-order chi connectivity index (χ0) is 11.9. The third kappa shape index (κ3) is 1.55. The highest BCUT2D eigenvalue weighted by Gasteiger charge is 2.52. The Kier molecular flexibility index (Phi) is 2.08. The highest BCUT2D eigenvalue weighted by Crippen LogP contribution is 2.50. The molecule has 0 aliphatic heterocycles. The molecule has 0 unspecified atom stereocenters. The fourth-order valence-electron chi connectivity index (χ4n) is 2.22. The van der Waals surface area contributed by atoms with Gasteiger partial charge in [-0.15, -0.1) is 0 Å². The fourth-order valence-corrected chi connectivity index (χ4v) is 2.22. The van der Waals surface area contributed by atoms with Gasteiger partial charge in [0.05, 0.1) is 11.7 Å². The van der Waals surface area contributed by atoms with Crippen molar-refractivity contribution in [3.8, 4) is 0 Å². The van der Waals surface area contributed by atoms with Crippen LogP contribution in [0, 0.1) is 0 Å². The number of carbonyl (C=O) groups is 1. The van der Waals surface area contributed by atoms with Crippen LogP contribution < -0.4 is 5.73 Å². The van der Waals surface area contributed by atoms with E-state index in [0.717, 1.165) is 24.1 Å². The maximum absolute atomic E-state index is 12.4. The molecular weight excluding hydrogens is 214 g/mol. The number of hydrogen-bond donors (Lipinski definition) is 1. The van der Waals surface area contributed by atoms with Crippen molar-refractivity contribution in [2.24, 2.45) is 0 Å². The number of ketones is 1. The van der Waals surface area contributed by atoms with E-state index >= 15 is 0 Å². The van der Waals surface area contributed by atoms with Gasteiger partial charge < -0.3 is 10.2 Å². The lowest BCUT2D eigenvalue weighted by molar-refractivity contribution is 0.0918. The number of rotatable bonds is 3. The first-order valence-electron chi connectivity index (χ1n) is 5.67. The minimum absolute atomic E-state index is 0.0762. The number of nitrogen functional groups attached to an aromatic ring is 1. The second kappa shape index (κ2) is 3.48. The van der Waals surface area contributed by atoms with Gasteiger partial charge in [-0.3, -0.25) is 4.79 Å². The average Bonchev–Trinajstić information content (AvgIpc) is 2.97. The molecule has 3 heteroatoms. The number of hydrogen-bond acceptors (Lipinski definition) is 3. The Balaban J connectivity index is 1.97. The van der Waals surface area contributed by atoms with Gasteiger partial charge in [0, 0.05) is 5.69 Å². The molecule has 2 aromatic rings. The molecule has 1 fully saturated rings. The van der Waals surface area contributed by atoms with E-state index in [0.29, 0.717) is 5.76 Å². The summed E-state index contributed by atoms with van der Waals surface area (Å²) in [7, 11) is 0. The van der Waals surface area contributed by atoms with Crippen molar-refractivity contribution >= 4 is 11.5 Å². The maximum Gasteiger partial charge on any atom is 0.208 e. The Hall–Kier alpha value is -2.03. The Morgan fingerprint density at radius 3 is 2.41 bits per heavy atom. The lowest BCUT2D eigenvalue weighted by atomic mass is 9.90. The first-order valence-corrected chi connectivity index (χ1v) is 5.67. The van der Waals surface area contributed by atoms with E-state index in [1.165, 1.54) is 6.26 Å². The number of furan rings is 1. The summed E-state index contributed by atoms with van der Waals surface area (Å²) in [5.74, 6) is 0.520. The summed E-state index contributed by atoms with van der Waals surface area (Å²) < 4.78 is 5.19. The summed E-state index contributed by atoms with van der Waals surface area (Å²) >= 11 is 0. The molecule has 1 saturated carbocycles. The first kappa shape index (κ1) is 10.1.